The Bertz CT molecular complexity index is 629. The van der Waals surface area contributed by atoms with Crippen molar-refractivity contribution < 1.29 is 9.53 Å². The lowest BCUT2D eigenvalue weighted by atomic mass is 9.73. The summed E-state index contributed by atoms with van der Waals surface area (Å²) >= 11 is 0. The highest BCUT2D eigenvalue weighted by molar-refractivity contribution is 5.90. The van der Waals surface area contributed by atoms with Gasteiger partial charge < -0.3 is 20.3 Å². The van der Waals surface area contributed by atoms with E-state index in [4.69, 9.17) is 4.74 Å². The fraction of sp³-hybridized carbons (Fsp3) is 0.647. The Labute approximate surface area is 136 Å². The van der Waals surface area contributed by atoms with Crippen molar-refractivity contribution in [3.63, 3.8) is 0 Å². The fourth-order valence-corrected chi connectivity index (χ4v) is 4.16. The van der Waals surface area contributed by atoms with Crippen LogP contribution in [0.25, 0.3) is 0 Å². The molecule has 2 atom stereocenters. The number of urea groups is 1. The van der Waals surface area contributed by atoms with Crippen LogP contribution in [0, 0.1) is 5.92 Å². The SMILES string of the molecule is CN(C)Cc1cc(NC(=O)N[C@]23C[C@H]2COC32CCC2)ccn1. The van der Waals surface area contributed by atoms with Crippen LogP contribution in [0.3, 0.4) is 0 Å². The fourth-order valence-electron chi connectivity index (χ4n) is 4.16. The smallest absolute Gasteiger partial charge is 0.319 e. The molecule has 23 heavy (non-hydrogen) atoms. The van der Waals surface area contributed by atoms with E-state index < -0.39 is 0 Å². The third-order valence-corrected chi connectivity index (χ3v) is 5.53. The lowest BCUT2D eigenvalue weighted by Gasteiger charge is -2.45. The van der Waals surface area contributed by atoms with Crippen molar-refractivity contribution in [2.24, 2.45) is 5.92 Å². The highest BCUT2D eigenvalue weighted by Gasteiger charge is 2.74. The van der Waals surface area contributed by atoms with E-state index in [-0.39, 0.29) is 17.2 Å². The Morgan fingerprint density at radius 1 is 1.48 bits per heavy atom. The number of carbonyl (C=O) groups excluding carboxylic acids is 1. The van der Waals surface area contributed by atoms with E-state index in [0.717, 1.165) is 43.8 Å². The van der Waals surface area contributed by atoms with Gasteiger partial charge in [-0.15, -0.1) is 0 Å². The van der Waals surface area contributed by atoms with Gasteiger partial charge >= 0.3 is 6.03 Å². The minimum atomic E-state index is -0.133. The van der Waals surface area contributed by atoms with E-state index in [1.54, 1.807) is 6.20 Å². The van der Waals surface area contributed by atoms with Gasteiger partial charge in [-0.05, 0) is 51.9 Å². The Kier molecular flexibility index (Phi) is 3.35. The molecule has 1 aromatic rings. The number of pyridine rings is 1. The molecule has 1 saturated heterocycles. The predicted molar refractivity (Wildman–Crippen MR) is 87.2 cm³/mol. The largest absolute Gasteiger partial charge is 0.372 e. The monoisotopic (exact) mass is 316 g/mol. The van der Waals surface area contributed by atoms with Crippen molar-refractivity contribution in [3.8, 4) is 0 Å². The maximum atomic E-state index is 12.5. The van der Waals surface area contributed by atoms with Gasteiger partial charge in [0.05, 0.1) is 23.4 Å². The predicted octanol–water partition coefficient (Wildman–Crippen LogP) is 1.98. The topological polar surface area (TPSA) is 66.5 Å². The summed E-state index contributed by atoms with van der Waals surface area (Å²) in [5, 5.41) is 6.18. The molecule has 3 fully saturated rings. The van der Waals surface area contributed by atoms with Crippen molar-refractivity contribution in [3.05, 3.63) is 24.0 Å². The summed E-state index contributed by atoms with van der Waals surface area (Å²) in [5.74, 6) is 0.496. The van der Waals surface area contributed by atoms with Gasteiger partial charge in [0.2, 0.25) is 0 Å². The van der Waals surface area contributed by atoms with Crippen molar-refractivity contribution >= 4 is 11.7 Å². The number of carbonyl (C=O) groups is 1. The highest BCUT2D eigenvalue weighted by Crippen LogP contribution is 2.64. The molecule has 3 aliphatic rings. The molecule has 2 saturated carbocycles. The number of anilines is 1. The van der Waals surface area contributed by atoms with Gasteiger partial charge in [-0.3, -0.25) is 4.98 Å². The highest BCUT2D eigenvalue weighted by atomic mass is 16.5. The zero-order valence-corrected chi connectivity index (χ0v) is 13.8. The lowest BCUT2D eigenvalue weighted by molar-refractivity contribution is -0.0932. The van der Waals surface area contributed by atoms with Crippen LogP contribution in [0.5, 0.6) is 0 Å². The normalized spacial score (nSPS) is 30.0. The van der Waals surface area contributed by atoms with Crippen molar-refractivity contribution in [1.29, 1.82) is 0 Å². The molecular formula is C17H24N4O2. The van der Waals surface area contributed by atoms with E-state index in [1.165, 1.54) is 6.42 Å². The van der Waals surface area contributed by atoms with E-state index >= 15 is 0 Å². The third kappa shape index (κ3) is 2.40. The molecule has 2 amide bonds. The summed E-state index contributed by atoms with van der Waals surface area (Å²) in [7, 11) is 4.00. The average molecular weight is 316 g/mol. The number of rotatable bonds is 4. The summed E-state index contributed by atoms with van der Waals surface area (Å²) in [6.45, 7) is 1.54. The van der Waals surface area contributed by atoms with Crippen LogP contribution in [0.4, 0.5) is 10.5 Å². The first-order chi connectivity index (χ1) is 11.0. The Morgan fingerprint density at radius 2 is 2.30 bits per heavy atom. The molecule has 4 rings (SSSR count). The van der Waals surface area contributed by atoms with E-state index in [9.17, 15) is 4.79 Å². The average Bonchev–Trinajstić information content (AvgIpc) is 3.02. The Morgan fingerprint density at radius 3 is 2.96 bits per heavy atom. The minimum Gasteiger partial charge on any atom is -0.372 e. The van der Waals surface area contributed by atoms with Gasteiger partial charge in [-0.2, -0.15) is 0 Å². The number of nitrogens with zero attached hydrogens (tertiary/aromatic N) is 2. The molecule has 0 bridgehead atoms. The first-order valence-corrected chi connectivity index (χ1v) is 8.36. The lowest BCUT2D eigenvalue weighted by Crippen LogP contribution is -2.59. The molecule has 2 aliphatic carbocycles. The molecule has 1 aliphatic heterocycles. The van der Waals surface area contributed by atoms with Crippen LogP contribution in [-0.4, -0.2) is 47.8 Å². The molecule has 2 N–H and O–H groups in total. The molecule has 0 radical (unpaired) electrons. The number of nitrogens with one attached hydrogen (secondary N) is 2. The Balaban J connectivity index is 1.41. The second kappa shape index (κ2) is 5.18. The number of amides is 2. The van der Waals surface area contributed by atoms with Crippen LogP contribution in [0.2, 0.25) is 0 Å². The number of hydrogen-bond acceptors (Lipinski definition) is 4. The van der Waals surface area contributed by atoms with Gasteiger partial charge in [0.25, 0.3) is 0 Å². The molecule has 0 unspecified atom stereocenters. The molecule has 6 nitrogen and oxygen atoms in total. The number of ether oxygens (including phenoxy) is 1. The van der Waals surface area contributed by atoms with Crippen LogP contribution >= 0.6 is 0 Å². The number of hydrogen-bond donors (Lipinski definition) is 2. The number of fused-ring (bicyclic) bond motifs is 2. The van der Waals surface area contributed by atoms with Gasteiger partial charge in [-0.25, -0.2) is 4.79 Å². The third-order valence-electron chi connectivity index (χ3n) is 5.53. The van der Waals surface area contributed by atoms with Gasteiger partial charge in [0, 0.05) is 24.3 Å². The van der Waals surface area contributed by atoms with Gasteiger partial charge in [0.1, 0.15) is 0 Å². The second-order valence-corrected chi connectivity index (χ2v) is 7.38. The molecule has 6 heteroatoms. The summed E-state index contributed by atoms with van der Waals surface area (Å²) < 4.78 is 6.00. The van der Waals surface area contributed by atoms with Crippen molar-refractivity contribution in [2.75, 3.05) is 26.0 Å². The first kappa shape index (κ1) is 14.9. The molecular weight excluding hydrogens is 292 g/mol. The van der Waals surface area contributed by atoms with Gasteiger partial charge in [-0.1, -0.05) is 0 Å². The zero-order valence-electron chi connectivity index (χ0n) is 13.8. The second-order valence-electron chi connectivity index (χ2n) is 7.38. The van der Waals surface area contributed by atoms with Crippen molar-refractivity contribution in [1.82, 2.24) is 15.2 Å². The maximum absolute atomic E-state index is 12.5. The summed E-state index contributed by atoms with van der Waals surface area (Å²) in [5.41, 5.74) is 1.53. The van der Waals surface area contributed by atoms with Crippen LogP contribution < -0.4 is 10.6 Å². The quantitative estimate of drug-likeness (QED) is 0.891. The number of aromatic nitrogens is 1. The Hall–Kier alpha value is -1.66. The molecule has 1 spiro atoms. The van der Waals surface area contributed by atoms with Crippen LogP contribution in [0.15, 0.2) is 18.3 Å². The van der Waals surface area contributed by atoms with Crippen LogP contribution in [-0.2, 0) is 11.3 Å². The molecule has 0 aromatic carbocycles. The van der Waals surface area contributed by atoms with Gasteiger partial charge in [0.15, 0.2) is 0 Å². The summed E-state index contributed by atoms with van der Waals surface area (Å²) in [4.78, 5) is 18.8. The van der Waals surface area contributed by atoms with E-state index in [2.05, 4.69) is 20.5 Å². The van der Waals surface area contributed by atoms with Crippen molar-refractivity contribution in [2.45, 2.75) is 43.4 Å². The zero-order chi connectivity index (χ0) is 16.1. The minimum absolute atomic E-state index is 0.0800. The van der Waals surface area contributed by atoms with E-state index in [1.807, 2.05) is 26.2 Å². The van der Waals surface area contributed by atoms with Crippen LogP contribution in [0.1, 0.15) is 31.4 Å². The first-order valence-electron chi connectivity index (χ1n) is 8.36. The molecule has 2 heterocycles. The summed E-state index contributed by atoms with van der Waals surface area (Å²) in [6, 6.07) is 3.61. The maximum Gasteiger partial charge on any atom is 0.319 e. The molecule has 1 aromatic heterocycles. The van der Waals surface area contributed by atoms with E-state index in [0.29, 0.717) is 5.92 Å². The molecule has 124 valence electrons. The standard InChI is InChI=1S/C17H24N4O2/c1-21(2)10-14-8-13(4-7-18-14)19-15(22)20-17-9-12(17)11-23-16(17)5-3-6-16/h4,7-8,12H,3,5-6,9-11H2,1-2H3,(H2,18,19,20,22)/t12-,17+/m0/s1. The summed E-state index contributed by atoms with van der Waals surface area (Å²) in [6.07, 6.45) is 6.15.